The zero-order valence-corrected chi connectivity index (χ0v) is 28.0. The number of likely N-dealkylation sites (tertiary alicyclic amines) is 1. The summed E-state index contributed by atoms with van der Waals surface area (Å²) in [5.41, 5.74) is 5.59. The maximum Gasteiger partial charge on any atom is 0.113 e. The highest BCUT2D eigenvalue weighted by molar-refractivity contribution is 6.18. The van der Waals surface area contributed by atoms with E-state index in [4.69, 9.17) is 30.5 Å². The molecule has 0 aromatic heterocycles. The lowest BCUT2D eigenvalue weighted by molar-refractivity contribution is -0.228. The van der Waals surface area contributed by atoms with E-state index in [2.05, 4.69) is 77.7 Å². The van der Waals surface area contributed by atoms with Crippen LogP contribution in [0.5, 0.6) is 0 Å². The van der Waals surface area contributed by atoms with E-state index in [1.807, 2.05) is 78.9 Å². The molecule has 0 N–H and O–H groups in total. The molecule has 5 aromatic rings. The Labute approximate surface area is 290 Å². The molecule has 1 aliphatic rings. The van der Waals surface area contributed by atoms with Crippen molar-refractivity contribution < 1.29 is 18.9 Å². The van der Waals surface area contributed by atoms with Crippen molar-refractivity contribution in [3.8, 4) is 0 Å². The Kier molecular flexibility index (Phi) is 12.8. The number of hydrogen-bond acceptors (Lipinski definition) is 5. The van der Waals surface area contributed by atoms with Gasteiger partial charge < -0.3 is 18.9 Å². The molecule has 1 aliphatic heterocycles. The van der Waals surface area contributed by atoms with Crippen molar-refractivity contribution in [2.45, 2.75) is 63.4 Å². The summed E-state index contributed by atoms with van der Waals surface area (Å²) in [6, 6.07) is 51.3. The molecule has 5 atom stereocenters. The number of alkyl halides is 1. The zero-order chi connectivity index (χ0) is 32.8. The first-order valence-electron chi connectivity index (χ1n) is 16.7. The van der Waals surface area contributed by atoms with Crippen LogP contribution >= 0.6 is 11.6 Å². The molecule has 0 aliphatic carbocycles. The van der Waals surface area contributed by atoms with Gasteiger partial charge in [-0.15, -0.1) is 11.6 Å². The highest BCUT2D eigenvalue weighted by Gasteiger charge is 2.51. The van der Waals surface area contributed by atoms with Crippen LogP contribution in [0, 0.1) is 0 Å². The minimum atomic E-state index is -0.418. The van der Waals surface area contributed by atoms with Gasteiger partial charge in [0.2, 0.25) is 0 Å². The number of piperidine rings is 1. The van der Waals surface area contributed by atoms with Gasteiger partial charge in [-0.1, -0.05) is 152 Å². The summed E-state index contributed by atoms with van der Waals surface area (Å²) in [7, 11) is 0. The van der Waals surface area contributed by atoms with E-state index in [9.17, 15) is 0 Å². The van der Waals surface area contributed by atoms with Crippen molar-refractivity contribution in [2.75, 3.05) is 12.5 Å². The largest absolute Gasteiger partial charge is 0.375 e. The number of rotatable bonds is 16. The first kappa shape index (κ1) is 34.1. The highest BCUT2D eigenvalue weighted by Crippen LogP contribution is 2.35. The lowest BCUT2D eigenvalue weighted by atomic mass is 9.87. The van der Waals surface area contributed by atoms with E-state index in [-0.39, 0.29) is 24.3 Å². The fourth-order valence-corrected chi connectivity index (χ4v) is 6.77. The zero-order valence-electron chi connectivity index (χ0n) is 27.2. The van der Waals surface area contributed by atoms with Crippen molar-refractivity contribution in [3.05, 3.63) is 179 Å². The summed E-state index contributed by atoms with van der Waals surface area (Å²) < 4.78 is 27.3. The van der Waals surface area contributed by atoms with E-state index < -0.39 is 6.10 Å². The van der Waals surface area contributed by atoms with Crippen LogP contribution in [0.2, 0.25) is 0 Å². The molecule has 6 heteroatoms. The number of benzene rings is 5. The maximum atomic E-state index is 6.96. The molecule has 1 fully saturated rings. The maximum absolute atomic E-state index is 6.96. The van der Waals surface area contributed by atoms with Gasteiger partial charge in [-0.25, -0.2) is 0 Å². The molecule has 0 unspecified atom stereocenters. The smallest absolute Gasteiger partial charge is 0.113 e. The average molecular weight is 662 g/mol. The second kappa shape index (κ2) is 18.1. The minimum Gasteiger partial charge on any atom is -0.375 e. The molecule has 0 bridgehead atoms. The first-order chi connectivity index (χ1) is 23.8. The van der Waals surface area contributed by atoms with Crippen molar-refractivity contribution >= 4 is 11.6 Å². The molecule has 5 nitrogen and oxygen atoms in total. The Hall–Kier alpha value is -3.81. The van der Waals surface area contributed by atoms with Crippen LogP contribution in [0.4, 0.5) is 0 Å². The second-order valence-electron chi connectivity index (χ2n) is 12.2. The molecule has 0 amide bonds. The Bertz CT molecular complexity index is 1590. The minimum absolute atomic E-state index is 0.168. The van der Waals surface area contributed by atoms with Crippen molar-refractivity contribution in [3.63, 3.8) is 0 Å². The summed E-state index contributed by atoms with van der Waals surface area (Å²) in [5, 5.41) is 0. The van der Waals surface area contributed by atoms with E-state index in [0.29, 0.717) is 45.5 Å². The fraction of sp³-hybridized carbons (Fsp3) is 0.286. The van der Waals surface area contributed by atoms with Gasteiger partial charge in [-0.05, 0) is 27.8 Å². The lowest BCUT2D eigenvalue weighted by Gasteiger charge is -2.52. The van der Waals surface area contributed by atoms with E-state index in [1.165, 1.54) is 5.56 Å². The van der Waals surface area contributed by atoms with Crippen molar-refractivity contribution in [1.82, 2.24) is 4.90 Å². The molecule has 5 aromatic carbocycles. The molecule has 1 saturated heterocycles. The van der Waals surface area contributed by atoms with Gasteiger partial charge in [0.1, 0.15) is 18.3 Å². The molecule has 0 spiro atoms. The van der Waals surface area contributed by atoms with Gasteiger partial charge in [0.05, 0.1) is 45.1 Å². The Morgan fingerprint density at radius 3 is 1.19 bits per heavy atom. The van der Waals surface area contributed by atoms with Crippen LogP contribution in [0.25, 0.3) is 0 Å². The van der Waals surface area contributed by atoms with Crippen LogP contribution in [0.15, 0.2) is 152 Å². The van der Waals surface area contributed by atoms with Crippen LogP contribution < -0.4 is 0 Å². The van der Waals surface area contributed by atoms with Crippen molar-refractivity contribution in [1.29, 1.82) is 0 Å². The molecular weight excluding hydrogens is 618 g/mol. The second-order valence-corrected chi connectivity index (χ2v) is 12.5. The molecule has 48 heavy (non-hydrogen) atoms. The highest BCUT2D eigenvalue weighted by atomic mass is 35.5. The third-order valence-corrected chi connectivity index (χ3v) is 9.20. The van der Waals surface area contributed by atoms with Crippen LogP contribution in [0.3, 0.4) is 0 Å². The van der Waals surface area contributed by atoms with Gasteiger partial charge in [0, 0.05) is 12.4 Å². The molecule has 0 saturated carbocycles. The average Bonchev–Trinajstić information content (AvgIpc) is 3.15. The van der Waals surface area contributed by atoms with Gasteiger partial charge in [0.25, 0.3) is 0 Å². The summed E-state index contributed by atoms with van der Waals surface area (Å²) in [4.78, 5) is 2.43. The normalized spacial score (nSPS) is 21.2. The number of hydrogen-bond donors (Lipinski definition) is 0. The van der Waals surface area contributed by atoms with Gasteiger partial charge >= 0.3 is 0 Å². The Balaban J connectivity index is 1.37. The number of halogens is 1. The SMILES string of the molecule is ClC[C@@H]1[C@H](OCc2ccccc2)[C@@H](OCc2ccccc2)[C@H](OCc2ccccc2)[C@H](COCc2ccccc2)N1Cc1ccccc1. The molecule has 1 heterocycles. The third-order valence-electron chi connectivity index (χ3n) is 8.88. The number of ether oxygens (including phenoxy) is 4. The fourth-order valence-electron chi connectivity index (χ4n) is 6.42. The quantitative estimate of drug-likeness (QED) is 0.0993. The Morgan fingerprint density at radius 1 is 0.417 bits per heavy atom. The summed E-state index contributed by atoms with van der Waals surface area (Å²) in [6.07, 6.45) is -1.17. The Morgan fingerprint density at radius 2 is 0.771 bits per heavy atom. The van der Waals surface area contributed by atoms with Crippen LogP contribution in [0.1, 0.15) is 27.8 Å². The van der Waals surface area contributed by atoms with E-state index in [0.717, 1.165) is 22.3 Å². The number of nitrogens with zero attached hydrogens (tertiary/aromatic N) is 1. The topological polar surface area (TPSA) is 40.2 Å². The third kappa shape index (κ3) is 9.42. The summed E-state index contributed by atoms with van der Waals surface area (Å²) in [5.74, 6) is 0.359. The lowest BCUT2D eigenvalue weighted by Crippen LogP contribution is -2.69. The van der Waals surface area contributed by atoms with Crippen molar-refractivity contribution in [2.24, 2.45) is 0 Å². The van der Waals surface area contributed by atoms with Gasteiger partial charge in [0.15, 0.2) is 0 Å². The summed E-state index contributed by atoms with van der Waals surface area (Å²) >= 11 is 6.96. The molecular formula is C42H44ClNO4. The standard InChI is InChI=1S/C42H44ClNO4/c43-26-38-40(46-29-35-20-10-3-11-21-35)42(48-31-37-24-14-5-15-25-37)41(47-30-36-22-12-4-13-23-36)39(32-45-28-34-18-8-2-9-19-34)44(38)27-33-16-6-1-7-17-33/h1-25,38-42H,26-32H2/t38-,39+,40+,41-,42-/m1/s1. The molecule has 6 rings (SSSR count). The van der Waals surface area contributed by atoms with Gasteiger partial charge in [-0.2, -0.15) is 0 Å². The van der Waals surface area contributed by atoms with E-state index in [1.54, 1.807) is 0 Å². The van der Waals surface area contributed by atoms with Crippen LogP contribution in [-0.4, -0.2) is 47.8 Å². The van der Waals surface area contributed by atoms with Gasteiger partial charge in [-0.3, -0.25) is 4.90 Å². The molecule has 248 valence electrons. The molecule has 0 radical (unpaired) electrons. The first-order valence-corrected chi connectivity index (χ1v) is 17.3. The predicted molar refractivity (Wildman–Crippen MR) is 191 cm³/mol. The van der Waals surface area contributed by atoms with Crippen LogP contribution in [-0.2, 0) is 51.9 Å². The summed E-state index contributed by atoms with van der Waals surface area (Å²) in [6.45, 7) is 2.89. The predicted octanol–water partition coefficient (Wildman–Crippen LogP) is 8.45. The van der Waals surface area contributed by atoms with E-state index >= 15 is 0 Å². The monoisotopic (exact) mass is 661 g/mol.